The Morgan fingerprint density at radius 2 is 1.07 bits per heavy atom. The van der Waals surface area contributed by atoms with Crippen molar-refractivity contribution < 1.29 is 43.1 Å². The third kappa shape index (κ3) is 12.8. The maximum atomic E-state index is 11.4. The normalized spacial score (nSPS) is 13.4. The summed E-state index contributed by atoms with van der Waals surface area (Å²) in [5.74, 6) is 0. The van der Waals surface area contributed by atoms with E-state index in [1.54, 1.807) is 24.3 Å². The zero-order valence-corrected chi connectivity index (χ0v) is 17.7. The summed E-state index contributed by atoms with van der Waals surface area (Å²) in [6.07, 6.45) is -1.92. The van der Waals surface area contributed by atoms with Crippen LogP contribution in [0, 0.1) is 0 Å². The first kappa shape index (κ1) is 25.4. The van der Waals surface area contributed by atoms with Gasteiger partial charge in [-0.1, -0.05) is 12.1 Å². The lowest BCUT2D eigenvalue weighted by molar-refractivity contribution is 0.223. The Bertz CT molecular complexity index is 734. The molecule has 0 bridgehead atoms. The Morgan fingerprint density at radius 3 is 1.50 bits per heavy atom. The summed E-state index contributed by atoms with van der Waals surface area (Å²) in [4.78, 5) is 57.1. The molecule has 0 unspecified atom stereocenters. The van der Waals surface area contributed by atoms with E-state index in [1.165, 1.54) is 4.90 Å². The van der Waals surface area contributed by atoms with E-state index < -0.39 is 41.6 Å². The van der Waals surface area contributed by atoms with Crippen molar-refractivity contribution in [2.24, 2.45) is 0 Å². The van der Waals surface area contributed by atoms with Crippen LogP contribution in [0.5, 0.6) is 0 Å². The van der Waals surface area contributed by atoms with Crippen molar-refractivity contribution in [3.05, 3.63) is 29.8 Å². The fourth-order valence-corrected chi connectivity index (χ4v) is 4.96. The number of hydrogen-bond acceptors (Lipinski definition) is 6. The number of rotatable bonds is 12. The molecule has 1 aromatic carbocycles. The molecule has 0 radical (unpaired) electrons. The van der Waals surface area contributed by atoms with Gasteiger partial charge in [0.15, 0.2) is 0 Å². The molecule has 0 atom stereocenters. The predicted molar refractivity (Wildman–Crippen MR) is 104 cm³/mol. The Balaban J connectivity index is 2.79. The number of nitrogens with two attached hydrogens (primary N) is 1. The Kier molecular flexibility index (Phi) is 9.47. The van der Waals surface area contributed by atoms with Gasteiger partial charge in [0, 0.05) is 25.3 Å². The molecule has 0 heterocycles. The van der Waals surface area contributed by atoms with Crippen LogP contribution >= 0.6 is 22.8 Å². The first-order valence-electron chi connectivity index (χ1n) is 8.06. The average molecular weight is 461 g/mol. The molecular weight excluding hydrogens is 435 g/mol. The van der Waals surface area contributed by atoms with Gasteiger partial charge in [0.2, 0.25) is 0 Å². The Hall–Kier alpha value is -0.610. The molecule has 0 saturated carbocycles. The van der Waals surface area contributed by atoms with Gasteiger partial charge < -0.3 is 35.1 Å². The van der Waals surface area contributed by atoms with Crippen LogP contribution in [-0.2, 0) is 20.1 Å². The lowest BCUT2D eigenvalue weighted by atomic mass is 10.1. The van der Waals surface area contributed by atoms with Gasteiger partial charge in [-0.25, -0.2) is 0 Å². The smallest absolute Gasteiger partial charge is 0.339 e. The number of anilines is 1. The van der Waals surface area contributed by atoms with Crippen molar-refractivity contribution in [2.75, 3.05) is 44.2 Å². The molecule has 162 valence electrons. The first-order chi connectivity index (χ1) is 12.6. The molecule has 28 heavy (non-hydrogen) atoms. The lowest BCUT2D eigenvalue weighted by Gasteiger charge is -2.28. The summed E-state index contributed by atoms with van der Waals surface area (Å²) in [6, 6.07) is 6.90. The largest absolute Gasteiger partial charge is 0.399 e. The van der Waals surface area contributed by atoms with Gasteiger partial charge in [0.25, 0.3) is 0 Å². The van der Waals surface area contributed by atoms with Crippen molar-refractivity contribution in [2.45, 2.75) is 6.42 Å². The molecule has 0 aliphatic rings. The maximum Gasteiger partial charge on any atom is 0.339 e. The van der Waals surface area contributed by atoms with E-state index in [9.17, 15) is 23.5 Å². The number of nitrogens with zero attached hydrogens (tertiary/aromatic N) is 2. The van der Waals surface area contributed by atoms with Gasteiger partial charge in [-0.15, -0.1) is 0 Å². The van der Waals surface area contributed by atoms with Gasteiger partial charge in [-0.05, 0) is 24.1 Å². The van der Waals surface area contributed by atoms with Crippen LogP contribution in [0.2, 0.25) is 0 Å². The Labute approximate surface area is 162 Å². The summed E-state index contributed by atoms with van der Waals surface area (Å²) in [6.45, 7) is -0.0350. The van der Waals surface area contributed by atoms with E-state index in [-0.39, 0.29) is 19.6 Å². The molecule has 0 saturated heterocycles. The molecule has 8 N–H and O–H groups in total. The van der Waals surface area contributed by atoms with Crippen LogP contribution in [0.15, 0.2) is 24.3 Å². The fraction of sp³-hybridized carbons (Fsp3) is 0.538. The molecule has 0 aromatic heterocycles. The molecular formula is C13H26N3O9P3. The second kappa shape index (κ2) is 10.4. The summed E-state index contributed by atoms with van der Waals surface area (Å²) in [7, 11) is -13.6. The second-order valence-electron chi connectivity index (χ2n) is 6.42. The van der Waals surface area contributed by atoms with Gasteiger partial charge in [-0.2, -0.15) is 0 Å². The van der Waals surface area contributed by atoms with Gasteiger partial charge >= 0.3 is 22.8 Å². The average Bonchev–Trinajstić information content (AvgIpc) is 2.47. The predicted octanol–water partition coefficient (Wildman–Crippen LogP) is -0.179. The topological polar surface area (TPSA) is 205 Å². The van der Waals surface area contributed by atoms with E-state index in [0.29, 0.717) is 12.1 Å². The zero-order valence-electron chi connectivity index (χ0n) is 15.0. The monoisotopic (exact) mass is 461 g/mol. The quantitative estimate of drug-likeness (QED) is 0.160. The minimum absolute atomic E-state index is 0.0555. The van der Waals surface area contributed by atoms with Gasteiger partial charge in [-0.3, -0.25) is 23.5 Å². The molecule has 0 fully saturated rings. The maximum absolute atomic E-state index is 11.4. The van der Waals surface area contributed by atoms with Crippen LogP contribution in [-0.4, -0.2) is 77.7 Å². The number of hydrogen-bond donors (Lipinski definition) is 7. The highest BCUT2D eigenvalue weighted by Gasteiger charge is 2.27. The van der Waals surface area contributed by atoms with Crippen molar-refractivity contribution in [1.29, 1.82) is 0 Å². The van der Waals surface area contributed by atoms with Crippen molar-refractivity contribution in [1.82, 2.24) is 9.80 Å². The van der Waals surface area contributed by atoms with E-state index in [2.05, 4.69) is 0 Å². The van der Waals surface area contributed by atoms with E-state index in [0.717, 1.165) is 10.5 Å². The molecule has 0 aliphatic heterocycles. The summed E-state index contributed by atoms with van der Waals surface area (Å²) < 4.78 is 33.8. The van der Waals surface area contributed by atoms with Crippen LogP contribution in [0.4, 0.5) is 5.69 Å². The summed E-state index contributed by atoms with van der Waals surface area (Å²) in [5, 5.41) is 0. The van der Waals surface area contributed by atoms with E-state index in [4.69, 9.17) is 25.3 Å². The van der Waals surface area contributed by atoms with Crippen LogP contribution < -0.4 is 5.73 Å². The van der Waals surface area contributed by atoms with Crippen LogP contribution in [0.25, 0.3) is 0 Å². The number of benzene rings is 1. The molecule has 0 amide bonds. The van der Waals surface area contributed by atoms with Crippen molar-refractivity contribution in [3.8, 4) is 0 Å². The minimum atomic E-state index is -4.58. The third-order valence-corrected chi connectivity index (χ3v) is 5.89. The molecule has 1 aromatic rings. The van der Waals surface area contributed by atoms with Crippen molar-refractivity contribution in [3.63, 3.8) is 0 Å². The lowest BCUT2D eigenvalue weighted by Crippen LogP contribution is -2.37. The van der Waals surface area contributed by atoms with Crippen molar-refractivity contribution >= 4 is 28.5 Å². The van der Waals surface area contributed by atoms with E-state index in [1.807, 2.05) is 0 Å². The highest BCUT2D eigenvalue weighted by molar-refractivity contribution is 7.52. The molecule has 0 spiro atoms. The fourth-order valence-electron chi connectivity index (χ4n) is 2.48. The number of nitrogen functional groups attached to an aromatic ring is 1. The second-order valence-corrected chi connectivity index (χ2v) is 11.3. The minimum Gasteiger partial charge on any atom is -0.399 e. The third-order valence-electron chi connectivity index (χ3n) is 3.58. The van der Waals surface area contributed by atoms with Crippen LogP contribution in [0.3, 0.4) is 0 Å². The highest BCUT2D eigenvalue weighted by atomic mass is 31.2. The van der Waals surface area contributed by atoms with Crippen LogP contribution in [0.1, 0.15) is 5.56 Å². The summed E-state index contributed by atoms with van der Waals surface area (Å²) in [5.41, 5.74) is 7.04. The first-order valence-corrected chi connectivity index (χ1v) is 13.5. The highest BCUT2D eigenvalue weighted by Crippen LogP contribution is 2.41. The molecule has 12 nitrogen and oxygen atoms in total. The SMILES string of the molecule is Nc1ccc(CCN(CCN(CP(=O)(O)O)CP(=O)(O)O)CP(=O)(O)O)cc1. The van der Waals surface area contributed by atoms with Gasteiger partial charge in [0.05, 0.1) is 0 Å². The standard InChI is InChI=1S/C13H26N3O9P3/c14-13-3-1-12(2-4-13)5-6-15(9-26(17,18)19)7-8-16(10-27(20,21)22)11-28(23,24)25/h1-4H,5-11,14H2,(H2,17,18,19)(H2,20,21,22)(H2,23,24,25). The van der Waals surface area contributed by atoms with Gasteiger partial charge in [0.1, 0.15) is 18.9 Å². The molecule has 15 heteroatoms. The molecule has 0 aliphatic carbocycles. The zero-order chi connectivity index (χ0) is 21.6. The molecule has 1 rings (SSSR count). The Morgan fingerprint density at radius 1 is 0.679 bits per heavy atom. The summed E-state index contributed by atoms with van der Waals surface area (Å²) >= 11 is 0. The van der Waals surface area contributed by atoms with E-state index >= 15 is 0 Å².